The van der Waals surface area contributed by atoms with Crippen molar-refractivity contribution in [2.75, 3.05) is 18.4 Å². The van der Waals surface area contributed by atoms with Crippen LogP contribution in [0.2, 0.25) is 5.15 Å². The summed E-state index contributed by atoms with van der Waals surface area (Å²) < 4.78 is 6.13. The number of pyridine rings is 2. The Morgan fingerprint density at radius 2 is 1.96 bits per heavy atom. The monoisotopic (exact) mass is 354 g/mol. The summed E-state index contributed by atoms with van der Waals surface area (Å²) in [5.74, 6) is 1.69. The van der Waals surface area contributed by atoms with Gasteiger partial charge in [-0.2, -0.15) is 0 Å². The van der Waals surface area contributed by atoms with Gasteiger partial charge in [0.1, 0.15) is 22.8 Å². The van der Waals surface area contributed by atoms with Crippen molar-refractivity contribution in [1.29, 1.82) is 0 Å². The maximum Gasteiger partial charge on any atom is 0.138 e. The van der Waals surface area contributed by atoms with Gasteiger partial charge < -0.3 is 15.4 Å². The van der Waals surface area contributed by atoms with Gasteiger partial charge in [0.2, 0.25) is 0 Å². The molecule has 2 aromatic heterocycles. The Hall–Kier alpha value is -2.37. The maximum absolute atomic E-state index is 6.13. The Morgan fingerprint density at radius 1 is 1.08 bits per heavy atom. The molecule has 128 valence electrons. The molecule has 0 saturated carbocycles. The molecule has 5 nitrogen and oxygen atoms in total. The van der Waals surface area contributed by atoms with Crippen LogP contribution in [0.25, 0.3) is 10.8 Å². The number of fused-ring (bicyclic) bond motifs is 1. The third-order valence-corrected chi connectivity index (χ3v) is 4.54. The standard InChI is InChI=1S/C19H19ClN4O/c20-18-4-1-14(12-23-18)24-19-17-3-2-16(11-13(17)5-10-22-19)25-15-6-8-21-9-7-15/h1-5,10-12,15,21H,6-9H2,(H,22,24). The number of piperidine rings is 1. The minimum Gasteiger partial charge on any atom is -0.490 e. The van der Waals surface area contributed by atoms with Gasteiger partial charge in [-0.05, 0) is 67.7 Å². The summed E-state index contributed by atoms with van der Waals surface area (Å²) in [6.45, 7) is 2.04. The van der Waals surface area contributed by atoms with E-state index in [0.717, 1.165) is 54.0 Å². The van der Waals surface area contributed by atoms with Crippen molar-refractivity contribution < 1.29 is 4.74 Å². The number of anilines is 2. The normalized spacial score (nSPS) is 15.2. The molecule has 6 heteroatoms. The minimum absolute atomic E-state index is 0.290. The van der Waals surface area contributed by atoms with Crippen LogP contribution in [0.1, 0.15) is 12.8 Å². The number of benzene rings is 1. The van der Waals surface area contributed by atoms with E-state index >= 15 is 0 Å². The van der Waals surface area contributed by atoms with Crippen LogP contribution in [0, 0.1) is 0 Å². The average molecular weight is 355 g/mol. The summed E-state index contributed by atoms with van der Waals surface area (Å²) in [4.78, 5) is 8.53. The zero-order valence-electron chi connectivity index (χ0n) is 13.7. The van der Waals surface area contributed by atoms with Gasteiger partial charge in [0, 0.05) is 11.6 Å². The van der Waals surface area contributed by atoms with Crippen molar-refractivity contribution in [2.24, 2.45) is 0 Å². The Kier molecular flexibility index (Phi) is 4.68. The summed E-state index contributed by atoms with van der Waals surface area (Å²) in [6, 6.07) is 11.8. The van der Waals surface area contributed by atoms with E-state index in [1.54, 1.807) is 18.5 Å². The first-order valence-corrected chi connectivity index (χ1v) is 8.80. The highest BCUT2D eigenvalue weighted by atomic mass is 35.5. The fourth-order valence-electron chi connectivity index (χ4n) is 3.02. The van der Waals surface area contributed by atoms with Crippen molar-refractivity contribution >= 4 is 33.9 Å². The molecule has 0 atom stereocenters. The molecule has 3 heterocycles. The highest BCUT2D eigenvalue weighted by Gasteiger charge is 2.14. The molecule has 1 aliphatic rings. The molecule has 0 radical (unpaired) electrons. The highest BCUT2D eigenvalue weighted by molar-refractivity contribution is 6.29. The molecule has 0 bridgehead atoms. The predicted octanol–water partition coefficient (Wildman–Crippen LogP) is 4.16. The van der Waals surface area contributed by atoms with E-state index in [2.05, 4.69) is 26.7 Å². The van der Waals surface area contributed by atoms with Gasteiger partial charge in [-0.1, -0.05) is 11.6 Å². The van der Waals surface area contributed by atoms with Crippen LogP contribution in [0.3, 0.4) is 0 Å². The van der Waals surface area contributed by atoms with Crippen molar-refractivity contribution in [3.8, 4) is 5.75 Å². The lowest BCUT2D eigenvalue weighted by Crippen LogP contribution is -2.34. The molecule has 0 unspecified atom stereocenters. The predicted molar refractivity (Wildman–Crippen MR) is 101 cm³/mol. The molecular formula is C19H19ClN4O. The van der Waals surface area contributed by atoms with Gasteiger partial charge >= 0.3 is 0 Å². The summed E-state index contributed by atoms with van der Waals surface area (Å²) >= 11 is 5.83. The Morgan fingerprint density at radius 3 is 2.76 bits per heavy atom. The highest BCUT2D eigenvalue weighted by Crippen LogP contribution is 2.28. The first kappa shape index (κ1) is 16.1. The number of hydrogen-bond acceptors (Lipinski definition) is 5. The topological polar surface area (TPSA) is 59.1 Å². The van der Waals surface area contributed by atoms with E-state index in [0.29, 0.717) is 11.3 Å². The number of hydrogen-bond donors (Lipinski definition) is 2. The number of halogens is 1. The van der Waals surface area contributed by atoms with Gasteiger partial charge in [-0.3, -0.25) is 0 Å². The van der Waals surface area contributed by atoms with Crippen LogP contribution in [-0.2, 0) is 0 Å². The SMILES string of the molecule is Clc1ccc(Nc2nccc3cc(OC4CCNCC4)ccc23)cn1. The van der Waals surface area contributed by atoms with Gasteiger partial charge in [-0.15, -0.1) is 0 Å². The molecular weight excluding hydrogens is 336 g/mol. The number of aromatic nitrogens is 2. The number of rotatable bonds is 4. The second-order valence-electron chi connectivity index (χ2n) is 6.10. The van der Waals surface area contributed by atoms with Gasteiger partial charge in [0.25, 0.3) is 0 Å². The van der Waals surface area contributed by atoms with E-state index in [-0.39, 0.29) is 0 Å². The smallest absolute Gasteiger partial charge is 0.138 e. The Labute approximate surface area is 151 Å². The number of nitrogens with zero attached hydrogens (tertiary/aromatic N) is 2. The van der Waals surface area contributed by atoms with E-state index in [1.165, 1.54) is 0 Å². The second kappa shape index (κ2) is 7.25. The first-order valence-electron chi connectivity index (χ1n) is 8.43. The largest absolute Gasteiger partial charge is 0.490 e. The van der Waals surface area contributed by atoms with Crippen molar-refractivity contribution in [3.63, 3.8) is 0 Å². The molecule has 0 amide bonds. The van der Waals surface area contributed by atoms with Crippen LogP contribution >= 0.6 is 11.6 Å². The van der Waals surface area contributed by atoms with Gasteiger partial charge in [0.05, 0.1) is 11.9 Å². The van der Waals surface area contributed by atoms with Crippen LogP contribution in [0.5, 0.6) is 5.75 Å². The summed E-state index contributed by atoms with van der Waals surface area (Å²) in [6.07, 6.45) is 5.87. The van der Waals surface area contributed by atoms with Gasteiger partial charge in [0.15, 0.2) is 0 Å². The molecule has 4 rings (SSSR count). The van der Waals surface area contributed by atoms with Crippen molar-refractivity contribution in [3.05, 3.63) is 53.9 Å². The fourth-order valence-corrected chi connectivity index (χ4v) is 3.13. The molecule has 1 aromatic carbocycles. The van der Waals surface area contributed by atoms with Gasteiger partial charge in [-0.25, -0.2) is 9.97 Å². The average Bonchev–Trinajstić information content (AvgIpc) is 2.64. The Bertz CT molecular complexity index is 863. The molecule has 25 heavy (non-hydrogen) atoms. The zero-order chi connectivity index (χ0) is 17.1. The number of ether oxygens (including phenoxy) is 1. The molecule has 1 aliphatic heterocycles. The van der Waals surface area contributed by atoms with Crippen LogP contribution in [0.15, 0.2) is 48.8 Å². The lowest BCUT2D eigenvalue weighted by molar-refractivity contribution is 0.162. The van der Waals surface area contributed by atoms with Crippen LogP contribution in [-0.4, -0.2) is 29.2 Å². The number of nitrogens with one attached hydrogen (secondary N) is 2. The Balaban J connectivity index is 1.57. The van der Waals surface area contributed by atoms with E-state index in [1.807, 2.05) is 24.3 Å². The summed E-state index contributed by atoms with van der Waals surface area (Å²) in [5, 5.41) is 9.24. The third kappa shape index (κ3) is 3.83. The lowest BCUT2D eigenvalue weighted by atomic mass is 10.1. The molecule has 1 fully saturated rings. The molecule has 0 spiro atoms. The maximum atomic E-state index is 6.13. The zero-order valence-corrected chi connectivity index (χ0v) is 14.5. The molecule has 1 saturated heterocycles. The second-order valence-corrected chi connectivity index (χ2v) is 6.49. The molecule has 2 N–H and O–H groups in total. The van der Waals surface area contributed by atoms with Crippen LogP contribution in [0.4, 0.5) is 11.5 Å². The molecule has 3 aromatic rings. The minimum atomic E-state index is 0.290. The summed E-state index contributed by atoms with van der Waals surface area (Å²) in [5.41, 5.74) is 0.847. The quantitative estimate of drug-likeness (QED) is 0.689. The van der Waals surface area contributed by atoms with Crippen LogP contribution < -0.4 is 15.4 Å². The summed E-state index contributed by atoms with van der Waals surface area (Å²) in [7, 11) is 0. The van der Waals surface area contributed by atoms with E-state index in [9.17, 15) is 0 Å². The third-order valence-electron chi connectivity index (χ3n) is 4.31. The van der Waals surface area contributed by atoms with E-state index in [4.69, 9.17) is 16.3 Å². The van der Waals surface area contributed by atoms with Crippen molar-refractivity contribution in [2.45, 2.75) is 18.9 Å². The van der Waals surface area contributed by atoms with Crippen molar-refractivity contribution in [1.82, 2.24) is 15.3 Å². The fraction of sp³-hybridized carbons (Fsp3) is 0.263. The molecule has 0 aliphatic carbocycles. The lowest BCUT2D eigenvalue weighted by Gasteiger charge is -2.24. The first-order chi connectivity index (χ1) is 12.3. The van der Waals surface area contributed by atoms with E-state index < -0.39 is 0 Å².